The van der Waals surface area contributed by atoms with Crippen molar-refractivity contribution in [3.63, 3.8) is 0 Å². The SMILES string of the molecule is Cc1csc(CN2Cc3cncn3[C@H](COc3ccccn3)C2)n1. The third-order valence-electron chi connectivity index (χ3n) is 4.08. The van der Waals surface area contributed by atoms with Gasteiger partial charge in [0.25, 0.3) is 0 Å². The fraction of sp³-hybridized carbons (Fsp3) is 0.353. The van der Waals surface area contributed by atoms with Gasteiger partial charge >= 0.3 is 0 Å². The van der Waals surface area contributed by atoms with Gasteiger partial charge in [-0.15, -0.1) is 11.3 Å². The summed E-state index contributed by atoms with van der Waals surface area (Å²) in [5, 5.41) is 3.26. The number of aryl methyl sites for hydroxylation is 1. The predicted octanol–water partition coefficient (Wildman–Crippen LogP) is 2.68. The normalized spacial score (nSPS) is 17.6. The number of aromatic nitrogens is 4. The first-order chi connectivity index (χ1) is 11.8. The molecule has 3 aromatic rings. The molecule has 4 heterocycles. The molecule has 0 unspecified atom stereocenters. The molecule has 0 aliphatic carbocycles. The molecule has 0 radical (unpaired) electrons. The van der Waals surface area contributed by atoms with Crippen LogP contribution in [-0.2, 0) is 13.1 Å². The molecule has 4 rings (SSSR count). The van der Waals surface area contributed by atoms with Crippen LogP contribution in [0.5, 0.6) is 5.88 Å². The van der Waals surface area contributed by atoms with Gasteiger partial charge in [0.05, 0.1) is 24.6 Å². The minimum atomic E-state index is 0.222. The smallest absolute Gasteiger partial charge is 0.213 e. The first kappa shape index (κ1) is 15.3. The highest BCUT2D eigenvalue weighted by atomic mass is 32.1. The number of fused-ring (bicyclic) bond motifs is 1. The zero-order valence-corrected chi connectivity index (χ0v) is 14.3. The second-order valence-electron chi connectivity index (χ2n) is 5.98. The second kappa shape index (κ2) is 6.70. The van der Waals surface area contributed by atoms with Crippen molar-refractivity contribution in [2.45, 2.75) is 26.1 Å². The van der Waals surface area contributed by atoms with Crippen LogP contribution in [-0.4, -0.2) is 37.6 Å². The average molecular weight is 341 g/mol. The third-order valence-corrected chi connectivity index (χ3v) is 5.03. The predicted molar refractivity (Wildman–Crippen MR) is 92.0 cm³/mol. The summed E-state index contributed by atoms with van der Waals surface area (Å²) in [5.41, 5.74) is 2.30. The molecule has 1 aliphatic heterocycles. The second-order valence-corrected chi connectivity index (χ2v) is 6.92. The van der Waals surface area contributed by atoms with Gasteiger partial charge in [-0.25, -0.2) is 15.0 Å². The van der Waals surface area contributed by atoms with E-state index in [1.54, 1.807) is 17.5 Å². The highest BCUT2D eigenvalue weighted by Crippen LogP contribution is 2.24. The van der Waals surface area contributed by atoms with Crippen LogP contribution in [0.1, 0.15) is 22.4 Å². The van der Waals surface area contributed by atoms with Crippen molar-refractivity contribution in [2.75, 3.05) is 13.2 Å². The molecule has 0 saturated heterocycles. The van der Waals surface area contributed by atoms with Crippen LogP contribution in [0, 0.1) is 6.92 Å². The number of ether oxygens (including phenoxy) is 1. The van der Waals surface area contributed by atoms with Crippen LogP contribution in [0.3, 0.4) is 0 Å². The Kier molecular flexibility index (Phi) is 4.27. The van der Waals surface area contributed by atoms with E-state index < -0.39 is 0 Å². The Labute approximate surface area is 144 Å². The Morgan fingerprint density at radius 2 is 2.33 bits per heavy atom. The highest BCUT2D eigenvalue weighted by Gasteiger charge is 2.26. The van der Waals surface area contributed by atoms with Gasteiger partial charge < -0.3 is 9.30 Å². The maximum Gasteiger partial charge on any atom is 0.213 e. The Balaban J connectivity index is 1.46. The fourth-order valence-electron chi connectivity index (χ4n) is 3.00. The quantitative estimate of drug-likeness (QED) is 0.714. The van der Waals surface area contributed by atoms with Crippen LogP contribution in [0.15, 0.2) is 42.3 Å². The van der Waals surface area contributed by atoms with Crippen molar-refractivity contribution in [1.29, 1.82) is 0 Å². The molecule has 0 saturated carbocycles. The van der Waals surface area contributed by atoms with Crippen LogP contribution in [0.4, 0.5) is 0 Å². The molecule has 0 amide bonds. The van der Waals surface area contributed by atoms with E-state index in [1.807, 2.05) is 37.6 Å². The van der Waals surface area contributed by atoms with E-state index in [0.717, 1.165) is 30.3 Å². The molecule has 24 heavy (non-hydrogen) atoms. The van der Waals surface area contributed by atoms with Gasteiger partial charge in [0.15, 0.2) is 0 Å². The molecule has 3 aromatic heterocycles. The zero-order chi connectivity index (χ0) is 16.4. The summed E-state index contributed by atoms with van der Waals surface area (Å²) in [5.74, 6) is 0.659. The van der Waals surface area contributed by atoms with Gasteiger partial charge in [-0.1, -0.05) is 6.07 Å². The molecule has 0 fully saturated rings. The van der Waals surface area contributed by atoms with Crippen LogP contribution in [0.2, 0.25) is 0 Å². The van der Waals surface area contributed by atoms with Crippen molar-refractivity contribution in [3.05, 3.63) is 58.7 Å². The number of hydrogen-bond donors (Lipinski definition) is 0. The largest absolute Gasteiger partial charge is 0.475 e. The lowest BCUT2D eigenvalue weighted by Gasteiger charge is -2.33. The summed E-state index contributed by atoms with van der Waals surface area (Å²) >= 11 is 1.72. The molecule has 1 aliphatic rings. The summed E-state index contributed by atoms with van der Waals surface area (Å²) in [6.45, 7) is 5.28. The van der Waals surface area contributed by atoms with Gasteiger partial charge in [-0.2, -0.15) is 0 Å². The number of imidazole rings is 1. The number of nitrogens with zero attached hydrogens (tertiary/aromatic N) is 5. The van der Waals surface area contributed by atoms with E-state index in [4.69, 9.17) is 4.74 Å². The molecule has 7 heteroatoms. The standard InChI is InChI=1S/C17H19N5OS/c1-13-11-24-17(20-13)9-21-7-14-6-18-12-22(14)15(8-21)10-23-16-4-2-3-5-19-16/h2-6,11-12,15H,7-10H2,1H3/t15-/m0/s1. The molecule has 0 spiro atoms. The maximum atomic E-state index is 5.87. The zero-order valence-electron chi connectivity index (χ0n) is 13.5. The molecule has 0 aromatic carbocycles. The first-order valence-electron chi connectivity index (χ1n) is 7.96. The lowest BCUT2D eigenvalue weighted by Crippen LogP contribution is -2.38. The molecule has 1 atom stereocenters. The molecule has 124 valence electrons. The fourth-order valence-corrected chi connectivity index (χ4v) is 3.81. The third kappa shape index (κ3) is 3.32. The summed E-state index contributed by atoms with van der Waals surface area (Å²) in [6.07, 6.45) is 5.58. The number of pyridine rings is 1. The summed E-state index contributed by atoms with van der Waals surface area (Å²) in [7, 11) is 0. The van der Waals surface area contributed by atoms with E-state index in [2.05, 4.69) is 29.8 Å². The average Bonchev–Trinajstić information content (AvgIpc) is 3.22. The summed E-state index contributed by atoms with van der Waals surface area (Å²) < 4.78 is 8.09. The lowest BCUT2D eigenvalue weighted by molar-refractivity contribution is 0.134. The topological polar surface area (TPSA) is 56.1 Å². The summed E-state index contributed by atoms with van der Waals surface area (Å²) in [4.78, 5) is 15.5. The highest BCUT2D eigenvalue weighted by molar-refractivity contribution is 7.09. The maximum absolute atomic E-state index is 5.87. The minimum absolute atomic E-state index is 0.222. The van der Waals surface area contributed by atoms with Crippen molar-refractivity contribution in [3.8, 4) is 5.88 Å². The Morgan fingerprint density at radius 1 is 1.38 bits per heavy atom. The van der Waals surface area contributed by atoms with Crippen LogP contribution < -0.4 is 4.74 Å². The molecular formula is C17H19N5OS. The molecular weight excluding hydrogens is 322 g/mol. The van der Waals surface area contributed by atoms with E-state index in [-0.39, 0.29) is 6.04 Å². The molecule has 0 bridgehead atoms. The van der Waals surface area contributed by atoms with Gasteiger partial charge in [-0.05, 0) is 13.0 Å². The van der Waals surface area contributed by atoms with E-state index in [1.165, 1.54) is 5.69 Å². The van der Waals surface area contributed by atoms with E-state index >= 15 is 0 Å². The summed E-state index contributed by atoms with van der Waals surface area (Å²) in [6, 6.07) is 5.93. The Bertz CT molecular complexity index is 800. The monoisotopic (exact) mass is 341 g/mol. The Hall–Kier alpha value is -2.25. The van der Waals surface area contributed by atoms with Crippen molar-refractivity contribution in [1.82, 2.24) is 24.4 Å². The number of thiazole rings is 1. The van der Waals surface area contributed by atoms with Crippen LogP contribution >= 0.6 is 11.3 Å². The van der Waals surface area contributed by atoms with Crippen LogP contribution in [0.25, 0.3) is 0 Å². The number of rotatable bonds is 5. The number of hydrogen-bond acceptors (Lipinski definition) is 6. The molecule has 0 N–H and O–H groups in total. The first-order valence-corrected chi connectivity index (χ1v) is 8.84. The van der Waals surface area contributed by atoms with Gasteiger partial charge in [0.2, 0.25) is 5.88 Å². The van der Waals surface area contributed by atoms with Gasteiger partial charge in [0, 0.05) is 42.6 Å². The minimum Gasteiger partial charge on any atom is -0.475 e. The van der Waals surface area contributed by atoms with Crippen molar-refractivity contribution < 1.29 is 4.74 Å². The molecule has 6 nitrogen and oxygen atoms in total. The van der Waals surface area contributed by atoms with Gasteiger partial charge in [-0.3, -0.25) is 4.90 Å². The Morgan fingerprint density at radius 3 is 3.12 bits per heavy atom. The van der Waals surface area contributed by atoms with Crippen molar-refractivity contribution >= 4 is 11.3 Å². The lowest BCUT2D eigenvalue weighted by atomic mass is 10.2. The van der Waals surface area contributed by atoms with Gasteiger partial charge in [0.1, 0.15) is 11.6 Å². The van der Waals surface area contributed by atoms with E-state index in [0.29, 0.717) is 12.5 Å². The van der Waals surface area contributed by atoms with Crippen molar-refractivity contribution in [2.24, 2.45) is 0 Å². The van der Waals surface area contributed by atoms with E-state index in [9.17, 15) is 0 Å².